The third-order valence-electron chi connectivity index (χ3n) is 3.92. The van der Waals surface area contributed by atoms with Gasteiger partial charge in [-0.15, -0.1) is 0 Å². The number of hydrogen-bond donors (Lipinski definition) is 0. The van der Waals surface area contributed by atoms with E-state index < -0.39 is 0 Å². The molecule has 0 aliphatic rings. The SMILES string of the molecule is Cc1cc(C(=O)/C=C/c2ccc(COc3cccc(Cl)c3C)o2)n(C)n1. The summed E-state index contributed by atoms with van der Waals surface area (Å²) in [6, 6.07) is 10.9. The number of carbonyl (C=O) groups is 1. The van der Waals surface area contributed by atoms with Crippen LogP contribution in [0.1, 0.15) is 33.3 Å². The van der Waals surface area contributed by atoms with E-state index in [9.17, 15) is 4.79 Å². The van der Waals surface area contributed by atoms with E-state index in [1.165, 1.54) is 6.08 Å². The lowest BCUT2D eigenvalue weighted by atomic mass is 10.2. The van der Waals surface area contributed by atoms with E-state index in [1.54, 1.807) is 29.9 Å². The van der Waals surface area contributed by atoms with Gasteiger partial charge in [-0.25, -0.2) is 0 Å². The first-order valence-electron chi connectivity index (χ1n) is 8.13. The first-order chi connectivity index (χ1) is 12.4. The van der Waals surface area contributed by atoms with Crippen LogP contribution < -0.4 is 4.74 Å². The largest absolute Gasteiger partial charge is 0.485 e. The second kappa shape index (κ2) is 7.62. The number of nitrogens with zero attached hydrogens (tertiary/aromatic N) is 2. The number of allylic oxidation sites excluding steroid dienone is 1. The van der Waals surface area contributed by atoms with Crippen LogP contribution in [0.4, 0.5) is 0 Å². The Bertz CT molecular complexity index is 969. The summed E-state index contributed by atoms with van der Waals surface area (Å²) >= 11 is 6.08. The van der Waals surface area contributed by atoms with Gasteiger partial charge in [0.2, 0.25) is 5.78 Å². The van der Waals surface area contributed by atoms with Crippen LogP contribution in [0.2, 0.25) is 5.02 Å². The van der Waals surface area contributed by atoms with Crippen LogP contribution >= 0.6 is 11.6 Å². The molecule has 1 aromatic carbocycles. The Morgan fingerprint density at radius 3 is 2.85 bits per heavy atom. The number of benzene rings is 1. The number of rotatable bonds is 6. The Morgan fingerprint density at radius 1 is 1.31 bits per heavy atom. The first kappa shape index (κ1) is 18.0. The van der Waals surface area contributed by atoms with Gasteiger partial charge in [0, 0.05) is 17.6 Å². The van der Waals surface area contributed by atoms with Crippen LogP contribution in [-0.4, -0.2) is 15.6 Å². The quantitative estimate of drug-likeness (QED) is 0.463. The van der Waals surface area contributed by atoms with E-state index in [4.69, 9.17) is 20.8 Å². The fourth-order valence-corrected chi connectivity index (χ4v) is 2.70. The van der Waals surface area contributed by atoms with Gasteiger partial charge in [-0.2, -0.15) is 5.10 Å². The lowest BCUT2D eigenvalue weighted by molar-refractivity contribution is 0.103. The molecular formula is C20H19ClN2O3. The van der Waals surface area contributed by atoms with E-state index in [2.05, 4.69) is 5.10 Å². The van der Waals surface area contributed by atoms with Gasteiger partial charge in [0.1, 0.15) is 29.6 Å². The maximum Gasteiger partial charge on any atom is 0.203 e. The molecule has 134 valence electrons. The zero-order chi connectivity index (χ0) is 18.7. The maximum absolute atomic E-state index is 12.2. The summed E-state index contributed by atoms with van der Waals surface area (Å²) in [6.45, 7) is 4.03. The fraction of sp³-hybridized carbons (Fsp3) is 0.200. The second-order valence-electron chi connectivity index (χ2n) is 5.95. The van der Waals surface area contributed by atoms with Gasteiger partial charge in [-0.3, -0.25) is 9.48 Å². The zero-order valence-electron chi connectivity index (χ0n) is 14.8. The summed E-state index contributed by atoms with van der Waals surface area (Å²) in [4.78, 5) is 12.2. The molecule has 0 spiro atoms. The highest BCUT2D eigenvalue weighted by atomic mass is 35.5. The van der Waals surface area contributed by atoms with Gasteiger partial charge in [0.25, 0.3) is 0 Å². The van der Waals surface area contributed by atoms with Gasteiger partial charge in [-0.1, -0.05) is 17.7 Å². The molecule has 0 unspecified atom stereocenters. The van der Waals surface area contributed by atoms with Crippen molar-refractivity contribution in [3.63, 3.8) is 0 Å². The van der Waals surface area contributed by atoms with Crippen molar-refractivity contribution >= 4 is 23.5 Å². The van der Waals surface area contributed by atoms with Crippen molar-refractivity contribution in [2.24, 2.45) is 7.05 Å². The van der Waals surface area contributed by atoms with E-state index in [-0.39, 0.29) is 12.4 Å². The smallest absolute Gasteiger partial charge is 0.203 e. The number of hydrogen-bond acceptors (Lipinski definition) is 4. The van der Waals surface area contributed by atoms with Crippen LogP contribution in [-0.2, 0) is 13.7 Å². The summed E-state index contributed by atoms with van der Waals surface area (Å²) in [5, 5.41) is 4.83. The van der Waals surface area contributed by atoms with Crippen LogP contribution in [0.5, 0.6) is 5.75 Å². The Hall–Kier alpha value is -2.79. The Morgan fingerprint density at radius 2 is 2.12 bits per heavy atom. The summed E-state index contributed by atoms with van der Waals surface area (Å²) in [7, 11) is 1.74. The molecule has 0 fully saturated rings. The molecule has 26 heavy (non-hydrogen) atoms. The molecule has 5 nitrogen and oxygen atoms in total. The van der Waals surface area contributed by atoms with Gasteiger partial charge in [0.15, 0.2) is 0 Å². The third kappa shape index (κ3) is 4.06. The molecule has 0 atom stereocenters. The highest BCUT2D eigenvalue weighted by Crippen LogP contribution is 2.26. The molecule has 6 heteroatoms. The minimum absolute atomic E-state index is 0.128. The Balaban J connectivity index is 1.63. The minimum atomic E-state index is -0.128. The minimum Gasteiger partial charge on any atom is -0.485 e. The van der Waals surface area contributed by atoms with Crippen LogP contribution in [0.15, 0.2) is 46.9 Å². The topological polar surface area (TPSA) is 57.3 Å². The second-order valence-corrected chi connectivity index (χ2v) is 6.36. The molecule has 0 N–H and O–H groups in total. The van der Waals surface area contributed by atoms with Gasteiger partial charge < -0.3 is 9.15 Å². The van der Waals surface area contributed by atoms with Crippen LogP contribution in [0, 0.1) is 13.8 Å². The van der Waals surface area contributed by atoms with Gasteiger partial charge >= 0.3 is 0 Å². The van der Waals surface area contributed by atoms with Crippen molar-refractivity contribution in [3.8, 4) is 5.75 Å². The highest BCUT2D eigenvalue weighted by Gasteiger charge is 2.09. The summed E-state index contributed by atoms with van der Waals surface area (Å²) in [5.74, 6) is 1.83. The van der Waals surface area contributed by atoms with Gasteiger partial charge in [0.05, 0.1) is 5.69 Å². The molecule has 2 aromatic heterocycles. The number of furan rings is 1. The predicted octanol–water partition coefficient (Wildman–Crippen LogP) is 4.76. The van der Waals surface area contributed by atoms with E-state index in [0.717, 1.165) is 11.3 Å². The third-order valence-corrected chi connectivity index (χ3v) is 4.33. The molecule has 0 saturated heterocycles. The number of ether oxygens (including phenoxy) is 1. The van der Waals surface area contributed by atoms with Crippen molar-refractivity contribution in [1.29, 1.82) is 0 Å². The number of ketones is 1. The van der Waals surface area contributed by atoms with Crippen molar-refractivity contribution in [3.05, 3.63) is 76.0 Å². The van der Waals surface area contributed by atoms with Crippen LogP contribution in [0.25, 0.3) is 6.08 Å². The molecule has 0 amide bonds. The Kier molecular flexibility index (Phi) is 5.28. The molecule has 3 aromatic rings. The number of aryl methyl sites for hydroxylation is 2. The molecule has 2 heterocycles. The molecule has 0 saturated carbocycles. The van der Waals surface area contributed by atoms with Gasteiger partial charge in [-0.05, 0) is 56.3 Å². The normalized spacial score (nSPS) is 11.2. The fourth-order valence-electron chi connectivity index (χ4n) is 2.54. The number of aromatic nitrogens is 2. The molecule has 0 radical (unpaired) electrons. The van der Waals surface area contributed by atoms with Crippen molar-refractivity contribution in [1.82, 2.24) is 9.78 Å². The lowest BCUT2D eigenvalue weighted by Gasteiger charge is -2.08. The maximum atomic E-state index is 12.2. The standard InChI is InChI=1S/C20H19ClN2O3/c1-13-11-18(23(3)22-13)19(24)10-9-15-7-8-16(26-15)12-25-20-6-4-5-17(21)14(20)2/h4-11H,12H2,1-3H3/b10-9+. The van der Waals surface area contributed by atoms with E-state index in [1.807, 2.05) is 38.1 Å². The van der Waals surface area contributed by atoms with Crippen molar-refractivity contribution in [2.75, 3.05) is 0 Å². The lowest BCUT2D eigenvalue weighted by Crippen LogP contribution is -2.03. The summed E-state index contributed by atoms with van der Waals surface area (Å²) < 4.78 is 13.0. The first-order valence-corrected chi connectivity index (χ1v) is 8.51. The average Bonchev–Trinajstić information content (AvgIpc) is 3.20. The average molecular weight is 371 g/mol. The molecular weight excluding hydrogens is 352 g/mol. The molecule has 0 aliphatic carbocycles. The molecule has 0 aliphatic heterocycles. The monoisotopic (exact) mass is 370 g/mol. The van der Waals surface area contributed by atoms with Crippen molar-refractivity contribution < 1.29 is 13.9 Å². The predicted molar refractivity (Wildman–Crippen MR) is 101 cm³/mol. The molecule has 0 bridgehead atoms. The number of halogens is 1. The van der Waals surface area contributed by atoms with E-state index >= 15 is 0 Å². The molecule has 3 rings (SSSR count). The Labute approximate surface area is 156 Å². The zero-order valence-corrected chi connectivity index (χ0v) is 15.6. The highest BCUT2D eigenvalue weighted by molar-refractivity contribution is 6.31. The van der Waals surface area contributed by atoms with E-state index in [0.29, 0.717) is 28.0 Å². The number of carbonyl (C=O) groups excluding carboxylic acids is 1. The van der Waals surface area contributed by atoms with Crippen LogP contribution in [0.3, 0.4) is 0 Å². The van der Waals surface area contributed by atoms with Crippen molar-refractivity contribution in [2.45, 2.75) is 20.5 Å². The summed E-state index contributed by atoms with van der Waals surface area (Å²) in [5.41, 5.74) is 2.22. The summed E-state index contributed by atoms with van der Waals surface area (Å²) in [6.07, 6.45) is 3.11.